The van der Waals surface area contributed by atoms with Gasteiger partial charge in [-0.05, 0) is 49.1 Å². The molecule has 3 rings (SSSR count). The normalized spacial score (nSPS) is 16.2. The maximum absolute atomic E-state index is 12.7. The lowest BCUT2D eigenvalue weighted by Crippen LogP contribution is -2.37. The van der Waals surface area contributed by atoms with Crippen molar-refractivity contribution in [1.82, 2.24) is 9.29 Å². The molecular weight excluding hydrogens is 388 g/mol. The summed E-state index contributed by atoms with van der Waals surface area (Å²) in [5, 5.41) is 0.366. The van der Waals surface area contributed by atoms with Crippen molar-refractivity contribution < 1.29 is 17.9 Å². The third-order valence-electron chi connectivity index (χ3n) is 4.63. The molecule has 8 heteroatoms. The molecule has 1 aliphatic rings. The zero-order valence-electron chi connectivity index (χ0n) is 15.0. The van der Waals surface area contributed by atoms with Crippen LogP contribution in [0.1, 0.15) is 35.7 Å². The van der Waals surface area contributed by atoms with Gasteiger partial charge in [-0.1, -0.05) is 24.6 Å². The number of halogens is 1. The van der Waals surface area contributed by atoms with Gasteiger partial charge in [-0.3, -0.25) is 0 Å². The Hall–Kier alpha value is -1.96. The molecule has 144 valence electrons. The summed E-state index contributed by atoms with van der Waals surface area (Å²) >= 11 is 5.71. The summed E-state index contributed by atoms with van der Waals surface area (Å²) in [5.41, 5.74) is 1.01. The molecule has 27 heavy (non-hydrogen) atoms. The third-order valence-corrected chi connectivity index (χ3v) is 6.77. The Labute approximate surface area is 164 Å². The molecule has 0 radical (unpaired) electrons. The Balaban J connectivity index is 1.63. The summed E-state index contributed by atoms with van der Waals surface area (Å²) in [6.45, 7) is 3.25. The standard InChI is InChI=1S/C19H21ClN2O4S/c1-14-8-10-22(11-9-14)27(24,25)17-5-3-16(4-6-17)19(23)26-13-15-2-7-18(20)21-12-15/h2-7,12,14H,8-11,13H2,1H3. The van der Waals surface area contributed by atoms with Gasteiger partial charge in [0.15, 0.2) is 0 Å². The second-order valence-corrected chi connectivity index (χ2v) is 9.00. The maximum Gasteiger partial charge on any atom is 0.338 e. The molecule has 0 spiro atoms. The molecule has 2 aromatic rings. The van der Waals surface area contributed by atoms with Crippen LogP contribution in [-0.2, 0) is 21.4 Å². The number of carbonyl (C=O) groups excluding carboxylic acids is 1. The van der Waals surface area contributed by atoms with Gasteiger partial charge in [0.05, 0.1) is 10.5 Å². The first-order valence-electron chi connectivity index (χ1n) is 8.74. The monoisotopic (exact) mass is 408 g/mol. The fraction of sp³-hybridized carbons (Fsp3) is 0.368. The maximum atomic E-state index is 12.7. The van der Waals surface area contributed by atoms with E-state index in [9.17, 15) is 13.2 Å². The molecule has 0 bridgehead atoms. The average Bonchev–Trinajstić information content (AvgIpc) is 2.68. The van der Waals surface area contributed by atoms with Crippen LogP contribution in [0.25, 0.3) is 0 Å². The van der Waals surface area contributed by atoms with Crippen LogP contribution in [0, 0.1) is 5.92 Å². The van der Waals surface area contributed by atoms with E-state index in [1.807, 2.05) is 0 Å². The highest BCUT2D eigenvalue weighted by Gasteiger charge is 2.28. The topological polar surface area (TPSA) is 76.6 Å². The summed E-state index contributed by atoms with van der Waals surface area (Å²) in [4.78, 5) is 16.3. The minimum atomic E-state index is -3.53. The molecule has 1 fully saturated rings. The van der Waals surface area contributed by atoms with Gasteiger partial charge in [0.25, 0.3) is 0 Å². The van der Waals surface area contributed by atoms with E-state index in [4.69, 9.17) is 16.3 Å². The van der Waals surface area contributed by atoms with Crippen LogP contribution in [0.5, 0.6) is 0 Å². The van der Waals surface area contributed by atoms with Crippen LogP contribution < -0.4 is 0 Å². The first-order valence-corrected chi connectivity index (χ1v) is 10.6. The lowest BCUT2D eigenvalue weighted by molar-refractivity contribution is 0.0472. The summed E-state index contributed by atoms with van der Waals surface area (Å²) in [6.07, 6.45) is 3.26. The largest absolute Gasteiger partial charge is 0.457 e. The van der Waals surface area contributed by atoms with Crippen molar-refractivity contribution in [3.63, 3.8) is 0 Å². The number of nitrogens with zero attached hydrogens (tertiary/aromatic N) is 2. The smallest absolute Gasteiger partial charge is 0.338 e. The van der Waals surface area contributed by atoms with Gasteiger partial charge in [-0.2, -0.15) is 4.31 Å². The van der Waals surface area contributed by atoms with Crippen molar-refractivity contribution in [2.45, 2.75) is 31.3 Å². The number of aromatic nitrogens is 1. The zero-order chi connectivity index (χ0) is 19.4. The van der Waals surface area contributed by atoms with Gasteiger partial charge in [0.2, 0.25) is 10.0 Å². The van der Waals surface area contributed by atoms with Crippen molar-refractivity contribution in [1.29, 1.82) is 0 Å². The molecule has 0 unspecified atom stereocenters. The third kappa shape index (κ3) is 4.86. The van der Waals surface area contributed by atoms with Gasteiger partial charge in [0, 0.05) is 24.8 Å². The van der Waals surface area contributed by atoms with E-state index in [1.54, 1.807) is 12.1 Å². The van der Waals surface area contributed by atoms with Crippen molar-refractivity contribution in [2.24, 2.45) is 5.92 Å². The molecule has 2 heterocycles. The number of benzene rings is 1. The van der Waals surface area contributed by atoms with Crippen molar-refractivity contribution in [2.75, 3.05) is 13.1 Å². The average molecular weight is 409 g/mol. The molecule has 0 amide bonds. The molecule has 0 saturated carbocycles. The zero-order valence-corrected chi connectivity index (χ0v) is 16.5. The van der Waals surface area contributed by atoms with E-state index in [-0.39, 0.29) is 11.5 Å². The van der Waals surface area contributed by atoms with E-state index in [1.165, 1.54) is 34.8 Å². The lowest BCUT2D eigenvalue weighted by atomic mass is 10.0. The van der Waals surface area contributed by atoms with Crippen LogP contribution in [0.3, 0.4) is 0 Å². The molecular formula is C19H21ClN2O4S. The minimum absolute atomic E-state index is 0.0645. The Morgan fingerprint density at radius 1 is 1.19 bits per heavy atom. The molecule has 1 aliphatic heterocycles. The van der Waals surface area contributed by atoms with Gasteiger partial charge < -0.3 is 4.74 Å². The highest BCUT2D eigenvalue weighted by Crippen LogP contribution is 2.23. The molecule has 1 aromatic heterocycles. The summed E-state index contributed by atoms with van der Waals surface area (Å²) in [7, 11) is -3.53. The minimum Gasteiger partial charge on any atom is -0.457 e. The number of hydrogen-bond donors (Lipinski definition) is 0. The van der Waals surface area contributed by atoms with Crippen LogP contribution in [-0.4, -0.2) is 36.8 Å². The van der Waals surface area contributed by atoms with Crippen LogP contribution in [0.2, 0.25) is 5.15 Å². The lowest BCUT2D eigenvalue weighted by Gasteiger charge is -2.29. The van der Waals surface area contributed by atoms with Gasteiger partial charge >= 0.3 is 5.97 Å². The van der Waals surface area contributed by atoms with Gasteiger partial charge in [0.1, 0.15) is 11.8 Å². The summed E-state index contributed by atoms with van der Waals surface area (Å²) in [6, 6.07) is 9.19. The number of sulfonamides is 1. The predicted octanol–water partition coefficient (Wildman–Crippen LogP) is 3.51. The predicted molar refractivity (Wildman–Crippen MR) is 102 cm³/mol. The van der Waals surface area contributed by atoms with Crippen molar-refractivity contribution >= 4 is 27.6 Å². The Bertz CT molecular complexity index is 890. The number of ether oxygens (including phenoxy) is 1. The molecule has 1 saturated heterocycles. The fourth-order valence-electron chi connectivity index (χ4n) is 2.86. The van der Waals surface area contributed by atoms with E-state index < -0.39 is 16.0 Å². The molecule has 0 atom stereocenters. The number of esters is 1. The van der Waals surface area contributed by atoms with Crippen molar-refractivity contribution in [3.8, 4) is 0 Å². The first kappa shape index (κ1) is 19.8. The van der Waals surface area contributed by atoms with Crippen LogP contribution in [0.4, 0.5) is 0 Å². The highest BCUT2D eigenvalue weighted by molar-refractivity contribution is 7.89. The van der Waals surface area contributed by atoms with Crippen LogP contribution in [0.15, 0.2) is 47.5 Å². The number of carbonyl (C=O) groups is 1. The van der Waals surface area contributed by atoms with E-state index >= 15 is 0 Å². The second-order valence-electron chi connectivity index (χ2n) is 6.68. The van der Waals surface area contributed by atoms with E-state index in [0.717, 1.165) is 12.8 Å². The number of rotatable bonds is 5. The van der Waals surface area contributed by atoms with E-state index in [2.05, 4.69) is 11.9 Å². The molecule has 1 aromatic carbocycles. The number of hydrogen-bond acceptors (Lipinski definition) is 5. The van der Waals surface area contributed by atoms with Gasteiger partial charge in [-0.15, -0.1) is 0 Å². The van der Waals surface area contributed by atoms with Crippen LogP contribution >= 0.6 is 11.6 Å². The van der Waals surface area contributed by atoms with E-state index in [0.29, 0.717) is 35.3 Å². The molecule has 6 nitrogen and oxygen atoms in total. The highest BCUT2D eigenvalue weighted by atomic mass is 35.5. The fourth-order valence-corrected chi connectivity index (χ4v) is 4.44. The Kier molecular flexibility index (Phi) is 6.14. The van der Waals surface area contributed by atoms with Crippen molar-refractivity contribution in [3.05, 3.63) is 58.9 Å². The number of pyridine rings is 1. The quantitative estimate of drug-likeness (QED) is 0.559. The molecule has 0 aliphatic carbocycles. The Morgan fingerprint density at radius 3 is 2.44 bits per heavy atom. The Morgan fingerprint density at radius 2 is 1.85 bits per heavy atom. The summed E-state index contributed by atoms with van der Waals surface area (Å²) < 4.78 is 32.1. The van der Waals surface area contributed by atoms with Gasteiger partial charge in [-0.25, -0.2) is 18.2 Å². The number of piperidine rings is 1. The SMILES string of the molecule is CC1CCN(S(=O)(=O)c2ccc(C(=O)OCc3ccc(Cl)nc3)cc2)CC1. The summed E-state index contributed by atoms with van der Waals surface area (Å²) in [5.74, 6) is 0.0186. The first-order chi connectivity index (χ1) is 12.9. The molecule has 0 N–H and O–H groups in total. The second kappa shape index (κ2) is 8.37.